The first kappa shape index (κ1) is 25.3. The highest BCUT2D eigenvalue weighted by molar-refractivity contribution is 14.0. The molecule has 2 heterocycles. The van der Waals surface area contributed by atoms with E-state index in [-0.39, 0.29) is 29.9 Å². The fourth-order valence-corrected chi connectivity index (χ4v) is 5.50. The van der Waals surface area contributed by atoms with Gasteiger partial charge in [0, 0.05) is 45.3 Å². The first-order chi connectivity index (χ1) is 15.2. The number of hydrogen-bond donors (Lipinski definition) is 2. The SMILES string of the molecule is CN=C(NCC(=O)N1CCC(Cc2ccccc2)CC1)NC1CCN(C2CCCC2)C1.I. The minimum atomic E-state index is 0. The normalized spacial score (nSPS) is 23.2. The third kappa shape index (κ3) is 7.07. The molecule has 0 radical (unpaired) electrons. The van der Waals surface area contributed by atoms with Crippen molar-refractivity contribution in [1.82, 2.24) is 20.4 Å². The van der Waals surface area contributed by atoms with E-state index in [0.29, 0.717) is 18.5 Å². The molecular weight excluding hydrogens is 513 g/mol. The van der Waals surface area contributed by atoms with E-state index >= 15 is 0 Å². The second kappa shape index (κ2) is 12.8. The Morgan fingerprint density at radius 2 is 1.75 bits per heavy atom. The summed E-state index contributed by atoms with van der Waals surface area (Å²) in [5, 5.41) is 6.80. The lowest BCUT2D eigenvalue weighted by Gasteiger charge is -2.32. The molecule has 1 aliphatic carbocycles. The minimum absolute atomic E-state index is 0. The van der Waals surface area contributed by atoms with Gasteiger partial charge in [-0.05, 0) is 50.0 Å². The van der Waals surface area contributed by atoms with Gasteiger partial charge in [0.25, 0.3) is 0 Å². The number of nitrogens with zero attached hydrogens (tertiary/aromatic N) is 3. The van der Waals surface area contributed by atoms with Crippen molar-refractivity contribution < 1.29 is 4.79 Å². The quantitative estimate of drug-likeness (QED) is 0.323. The Bertz CT molecular complexity index is 729. The number of rotatable bonds is 6. The van der Waals surface area contributed by atoms with Gasteiger partial charge in [-0.1, -0.05) is 43.2 Å². The van der Waals surface area contributed by atoms with E-state index in [4.69, 9.17) is 0 Å². The lowest BCUT2D eigenvalue weighted by atomic mass is 9.90. The molecule has 3 fully saturated rings. The van der Waals surface area contributed by atoms with Crippen LogP contribution in [0.25, 0.3) is 0 Å². The molecule has 1 atom stereocenters. The number of hydrogen-bond acceptors (Lipinski definition) is 3. The summed E-state index contributed by atoms with van der Waals surface area (Å²) in [4.78, 5) is 21.7. The van der Waals surface area contributed by atoms with E-state index in [1.165, 1.54) is 37.8 Å². The first-order valence-electron chi connectivity index (χ1n) is 12.2. The predicted octanol–water partition coefficient (Wildman–Crippen LogP) is 3.27. The molecule has 2 N–H and O–H groups in total. The van der Waals surface area contributed by atoms with Crippen molar-refractivity contribution in [2.24, 2.45) is 10.9 Å². The van der Waals surface area contributed by atoms with E-state index in [1.54, 1.807) is 7.05 Å². The molecule has 2 aliphatic heterocycles. The van der Waals surface area contributed by atoms with Crippen LogP contribution in [0.15, 0.2) is 35.3 Å². The van der Waals surface area contributed by atoms with Gasteiger partial charge in [0.05, 0.1) is 6.54 Å². The minimum Gasteiger partial charge on any atom is -0.352 e. The van der Waals surface area contributed by atoms with Gasteiger partial charge < -0.3 is 15.5 Å². The van der Waals surface area contributed by atoms with Crippen molar-refractivity contribution in [3.8, 4) is 0 Å². The smallest absolute Gasteiger partial charge is 0.241 e. The number of guanidine groups is 1. The van der Waals surface area contributed by atoms with Gasteiger partial charge in [-0.15, -0.1) is 24.0 Å². The number of piperidine rings is 1. The zero-order valence-electron chi connectivity index (χ0n) is 19.5. The van der Waals surface area contributed by atoms with Crippen molar-refractivity contribution >= 4 is 35.8 Å². The number of nitrogens with one attached hydrogen (secondary N) is 2. The maximum atomic E-state index is 12.7. The van der Waals surface area contributed by atoms with Crippen LogP contribution in [0.4, 0.5) is 0 Å². The van der Waals surface area contributed by atoms with Crippen molar-refractivity contribution in [3.63, 3.8) is 0 Å². The first-order valence-corrected chi connectivity index (χ1v) is 12.2. The highest BCUT2D eigenvalue weighted by atomic mass is 127. The van der Waals surface area contributed by atoms with Crippen LogP contribution in [0.5, 0.6) is 0 Å². The predicted molar refractivity (Wildman–Crippen MR) is 142 cm³/mol. The summed E-state index contributed by atoms with van der Waals surface area (Å²) in [7, 11) is 1.79. The molecule has 1 unspecified atom stereocenters. The van der Waals surface area contributed by atoms with Crippen LogP contribution < -0.4 is 10.6 Å². The van der Waals surface area contributed by atoms with Gasteiger partial charge in [0.1, 0.15) is 0 Å². The number of halogens is 1. The van der Waals surface area contributed by atoms with E-state index in [0.717, 1.165) is 57.3 Å². The van der Waals surface area contributed by atoms with Crippen LogP contribution in [-0.4, -0.2) is 73.5 Å². The Kier molecular flexibility index (Phi) is 10.1. The second-order valence-corrected chi connectivity index (χ2v) is 9.50. The summed E-state index contributed by atoms with van der Waals surface area (Å²) in [5.41, 5.74) is 1.40. The monoisotopic (exact) mass is 553 g/mol. The summed E-state index contributed by atoms with van der Waals surface area (Å²) in [6, 6.07) is 11.9. The average Bonchev–Trinajstić information content (AvgIpc) is 3.50. The number of likely N-dealkylation sites (tertiary alicyclic amines) is 2. The van der Waals surface area contributed by atoms with Crippen molar-refractivity contribution in [3.05, 3.63) is 35.9 Å². The lowest BCUT2D eigenvalue weighted by molar-refractivity contribution is -0.131. The van der Waals surface area contributed by atoms with E-state index in [9.17, 15) is 4.79 Å². The van der Waals surface area contributed by atoms with Crippen LogP contribution in [0.3, 0.4) is 0 Å². The number of amides is 1. The van der Waals surface area contributed by atoms with Crippen molar-refractivity contribution in [2.45, 2.75) is 63.5 Å². The van der Waals surface area contributed by atoms with Gasteiger partial charge in [-0.2, -0.15) is 0 Å². The molecule has 6 nitrogen and oxygen atoms in total. The molecule has 0 spiro atoms. The number of benzene rings is 1. The van der Waals surface area contributed by atoms with Crippen molar-refractivity contribution in [1.29, 1.82) is 0 Å². The standard InChI is InChI=1S/C25H39N5O.HI/c1-26-25(28-22-13-16-30(19-22)23-9-5-6-10-23)27-18-24(31)29-14-11-21(12-15-29)17-20-7-3-2-4-8-20;/h2-4,7-8,21-23H,5-6,9-19H2,1H3,(H2,26,27,28);1H. The topological polar surface area (TPSA) is 60.0 Å². The Hall–Kier alpha value is -1.35. The third-order valence-corrected chi connectivity index (χ3v) is 7.37. The molecule has 2 saturated heterocycles. The molecular formula is C25H40IN5O. The maximum absolute atomic E-state index is 12.7. The molecule has 7 heteroatoms. The van der Waals surface area contributed by atoms with E-state index in [1.807, 2.05) is 4.90 Å². The lowest BCUT2D eigenvalue weighted by Crippen LogP contribution is -2.49. The molecule has 3 aliphatic rings. The largest absolute Gasteiger partial charge is 0.352 e. The summed E-state index contributed by atoms with van der Waals surface area (Å²) >= 11 is 0. The Morgan fingerprint density at radius 3 is 2.44 bits per heavy atom. The van der Waals surface area contributed by atoms with Gasteiger partial charge in [-0.3, -0.25) is 14.7 Å². The Labute approximate surface area is 210 Å². The average molecular weight is 554 g/mol. The highest BCUT2D eigenvalue weighted by Crippen LogP contribution is 2.26. The molecule has 1 aromatic carbocycles. The molecule has 1 aromatic rings. The zero-order valence-corrected chi connectivity index (χ0v) is 21.8. The van der Waals surface area contributed by atoms with Gasteiger partial charge >= 0.3 is 0 Å². The third-order valence-electron chi connectivity index (χ3n) is 7.37. The van der Waals surface area contributed by atoms with Gasteiger partial charge in [0.2, 0.25) is 5.91 Å². The van der Waals surface area contributed by atoms with E-state index in [2.05, 4.69) is 50.9 Å². The number of carbonyl (C=O) groups is 1. The molecule has 178 valence electrons. The molecule has 0 aromatic heterocycles. The van der Waals surface area contributed by atoms with Gasteiger partial charge in [0.15, 0.2) is 5.96 Å². The van der Waals surface area contributed by atoms with Crippen LogP contribution in [0, 0.1) is 5.92 Å². The van der Waals surface area contributed by atoms with Crippen LogP contribution >= 0.6 is 24.0 Å². The Morgan fingerprint density at radius 1 is 1.03 bits per heavy atom. The summed E-state index contributed by atoms with van der Waals surface area (Å²) < 4.78 is 0. The maximum Gasteiger partial charge on any atom is 0.241 e. The number of carbonyl (C=O) groups excluding carboxylic acids is 1. The fraction of sp³-hybridized carbons (Fsp3) is 0.680. The van der Waals surface area contributed by atoms with Crippen LogP contribution in [0.2, 0.25) is 0 Å². The molecule has 1 amide bonds. The fourth-order valence-electron chi connectivity index (χ4n) is 5.50. The summed E-state index contributed by atoms with van der Waals surface area (Å²) in [5.74, 6) is 1.62. The molecule has 32 heavy (non-hydrogen) atoms. The molecule has 1 saturated carbocycles. The summed E-state index contributed by atoms with van der Waals surface area (Å²) in [6.45, 7) is 4.32. The van der Waals surface area contributed by atoms with Crippen LogP contribution in [0.1, 0.15) is 50.5 Å². The van der Waals surface area contributed by atoms with E-state index < -0.39 is 0 Å². The Balaban J connectivity index is 0.00000289. The zero-order chi connectivity index (χ0) is 21.5. The van der Waals surface area contributed by atoms with Crippen molar-refractivity contribution in [2.75, 3.05) is 39.8 Å². The number of aliphatic imine (C=N–C) groups is 1. The second-order valence-electron chi connectivity index (χ2n) is 9.50. The molecule has 4 rings (SSSR count). The highest BCUT2D eigenvalue weighted by Gasteiger charge is 2.30. The molecule has 0 bridgehead atoms. The summed E-state index contributed by atoms with van der Waals surface area (Å²) in [6.07, 6.45) is 9.94. The van der Waals surface area contributed by atoms with Gasteiger partial charge in [-0.25, -0.2) is 0 Å². The van der Waals surface area contributed by atoms with Crippen LogP contribution in [-0.2, 0) is 11.2 Å².